The highest BCUT2D eigenvalue weighted by atomic mass is 15.3. The van der Waals surface area contributed by atoms with E-state index >= 15 is 0 Å². The average molecular weight is 184 g/mol. The van der Waals surface area contributed by atoms with Crippen LogP contribution in [0.3, 0.4) is 0 Å². The minimum atomic E-state index is 0.546. The SMILES string of the molecule is CC.CC(C)N1CC2(CCCN2)C1. The summed E-state index contributed by atoms with van der Waals surface area (Å²) in [5.74, 6) is 0. The number of rotatable bonds is 1. The zero-order valence-electron chi connectivity index (χ0n) is 9.56. The molecule has 0 unspecified atom stereocenters. The van der Waals surface area contributed by atoms with E-state index in [4.69, 9.17) is 0 Å². The Hall–Kier alpha value is -0.0800. The van der Waals surface area contributed by atoms with Gasteiger partial charge in [-0.1, -0.05) is 13.8 Å². The zero-order valence-corrected chi connectivity index (χ0v) is 9.56. The molecule has 1 N–H and O–H groups in total. The van der Waals surface area contributed by atoms with Gasteiger partial charge in [-0.2, -0.15) is 0 Å². The normalized spacial score (nSPS) is 25.6. The van der Waals surface area contributed by atoms with Crippen LogP contribution < -0.4 is 5.32 Å². The van der Waals surface area contributed by atoms with Crippen LogP contribution in [0.25, 0.3) is 0 Å². The summed E-state index contributed by atoms with van der Waals surface area (Å²) in [7, 11) is 0. The fraction of sp³-hybridized carbons (Fsp3) is 1.00. The van der Waals surface area contributed by atoms with Crippen LogP contribution in [0.4, 0.5) is 0 Å². The Morgan fingerprint density at radius 3 is 2.23 bits per heavy atom. The smallest absolute Gasteiger partial charge is 0.0438 e. The van der Waals surface area contributed by atoms with E-state index in [0.717, 1.165) is 6.04 Å². The van der Waals surface area contributed by atoms with Crippen molar-refractivity contribution in [3.8, 4) is 0 Å². The molecular weight excluding hydrogens is 160 g/mol. The van der Waals surface area contributed by atoms with Crippen molar-refractivity contribution in [2.24, 2.45) is 0 Å². The summed E-state index contributed by atoms with van der Waals surface area (Å²) in [5, 5.41) is 3.61. The third-order valence-corrected chi connectivity index (χ3v) is 3.07. The maximum absolute atomic E-state index is 3.61. The molecule has 0 aromatic carbocycles. The molecule has 0 amide bonds. The molecule has 2 saturated heterocycles. The number of likely N-dealkylation sites (tertiary alicyclic amines) is 1. The van der Waals surface area contributed by atoms with E-state index in [2.05, 4.69) is 24.1 Å². The van der Waals surface area contributed by atoms with E-state index < -0.39 is 0 Å². The lowest BCUT2D eigenvalue weighted by atomic mass is 9.87. The lowest BCUT2D eigenvalue weighted by Crippen LogP contribution is -2.68. The summed E-state index contributed by atoms with van der Waals surface area (Å²) in [4.78, 5) is 2.54. The van der Waals surface area contributed by atoms with Crippen molar-refractivity contribution in [1.82, 2.24) is 10.2 Å². The second-order valence-corrected chi connectivity index (χ2v) is 4.31. The molecule has 2 heterocycles. The van der Waals surface area contributed by atoms with Gasteiger partial charge in [0.25, 0.3) is 0 Å². The number of nitrogens with zero attached hydrogens (tertiary/aromatic N) is 1. The van der Waals surface area contributed by atoms with Gasteiger partial charge in [0.2, 0.25) is 0 Å². The molecule has 2 rings (SSSR count). The monoisotopic (exact) mass is 184 g/mol. The molecule has 0 bridgehead atoms. The quantitative estimate of drug-likeness (QED) is 0.669. The summed E-state index contributed by atoms with van der Waals surface area (Å²) in [6.45, 7) is 12.4. The van der Waals surface area contributed by atoms with Crippen LogP contribution in [0.2, 0.25) is 0 Å². The molecule has 2 fully saturated rings. The number of hydrogen-bond acceptors (Lipinski definition) is 2. The molecular formula is C11H24N2. The largest absolute Gasteiger partial charge is 0.309 e. The molecule has 78 valence electrons. The second-order valence-electron chi connectivity index (χ2n) is 4.31. The first-order valence-corrected chi connectivity index (χ1v) is 5.71. The van der Waals surface area contributed by atoms with Gasteiger partial charge in [-0.05, 0) is 33.2 Å². The Bertz CT molecular complexity index is 140. The van der Waals surface area contributed by atoms with Crippen molar-refractivity contribution in [3.63, 3.8) is 0 Å². The first-order valence-electron chi connectivity index (χ1n) is 5.71. The van der Waals surface area contributed by atoms with Gasteiger partial charge in [0.15, 0.2) is 0 Å². The summed E-state index contributed by atoms with van der Waals surface area (Å²) < 4.78 is 0. The summed E-state index contributed by atoms with van der Waals surface area (Å²) in [6, 6.07) is 0.739. The van der Waals surface area contributed by atoms with E-state index in [0.29, 0.717) is 5.54 Å². The summed E-state index contributed by atoms with van der Waals surface area (Å²) in [6.07, 6.45) is 2.78. The van der Waals surface area contributed by atoms with Gasteiger partial charge < -0.3 is 5.32 Å². The van der Waals surface area contributed by atoms with Crippen molar-refractivity contribution in [2.45, 2.75) is 52.1 Å². The van der Waals surface area contributed by atoms with Crippen molar-refractivity contribution in [3.05, 3.63) is 0 Å². The van der Waals surface area contributed by atoms with E-state index in [1.54, 1.807) is 0 Å². The summed E-state index contributed by atoms with van der Waals surface area (Å²) in [5.41, 5.74) is 0.546. The molecule has 0 aromatic heterocycles. The molecule has 0 aliphatic carbocycles. The molecule has 0 aromatic rings. The van der Waals surface area contributed by atoms with Crippen LogP contribution in [0.1, 0.15) is 40.5 Å². The average Bonchev–Trinajstić information content (AvgIpc) is 2.53. The first kappa shape index (κ1) is 11.0. The molecule has 2 aliphatic rings. The number of nitrogens with one attached hydrogen (secondary N) is 1. The molecule has 2 nitrogen and oxygen atoms in total. The Labute approximate surface area is 82.7 Å². The predicted molar refractivity (Wildman–Crippen MR) is 58.0 cm³/mol. The third kappa shape index (κ3) is 2.23. The van der Waals surface area contributed by atoms with E-state index in [1.165, 1.54) is 32.5 Å². The Balaban J connectivity index is 0.000000396. The van der Waals surface area contributed by atoms with Crippen molar-refractivity contribution in [1.29, 1.82) is 0 Å². The van der Waals surface area contributed by atoms with Gasteiger partial charge in [0.05, 0.1) is 0 Å². The maximum Gasteiger partial charge on any atom is 0.0438 e. The molecule has 2 aliphatic heterocycles. The highest BCUT2D eigenvalue weighted by Gasteiger charge is 2.44. The Morgan fingerprint density at radius 2 is 1.85 bits per heavy atom. The van der Waals surface area contributed by atoms with Crippen LogP contribution in [-0.2, 0) is 0 Å². The van der Waals surface area contributed by atoms with Crippen LogP contribution >= 0.6 is 0 Å². The molecule has 0 radical (unpaired) electrons. The molecule has 2 heteroatoms. The van der Waals surface area contributed by atoms with Gasteiger partial charge in [-0.15, -0.1) is 0 Å². The van der Waals surface area contributed by atoms with Crippen LogP contribution in [0, 0.1) is 0 Å². The first-order chi connectivity index (χ1) is 6.22. The predicted octanol–water partition coefficient (Wildman–Crippen LogP) is 1.86. The van der Waals surface area contributed by atoms with Gasteiger partial charge in [0.1, 0.15) is 0 Å². The molecule has 13 heavy (non-hydrogen) atoms. The van der Waals surface area contributed by atoms with Gasteiger partial charge in [-0.3, -0.25) is 4.90 Å². The molecule has 0 atom stereocenters. The van der Waals surface area contributed by atoms with Crippen molar-refractivity contribution in [2.75, 3.05) is 19.6 Å². The lowest BCUT2D eigenvalue weighted by molar-refractivity contribution is 0.0290. The topological polar surface area (TPSA) is 15.3 Å². The maximum atomic E-state index is 3.61. The molecule has 0 saturated carbocycles. The second kappa shape index (κ2) is 4.43. The minimum Gasteiger partial charge on any atom is -0.309 e. The summed E-state index contributed by atoms with van der Waals surface area (Å²) >= 11 is 0. The standard InChI is InChI=1S/C9H18N2.C2H6/c1-8(2)11-6-9(7-11)4-3-5-10-9;1-2/h8,10H,3-7H2,1-2H3;1-2H3. The highest BCUT2D eigenvalue weighted by Crippen LogP contribution is 2.30. The fourth-order valence-corrected chi connectivity index (χ4v) is 2.23. The van der Waals surface area contributed by atoms with E-state index in [9.17, 15) is 0 Å². The van der Waals surface area contributed by atoms with Gasteiger partial charge >= 0.3 is 0 Å². The van der Waals surface area contributed by atoms with E-state index in [-0.39, 0.29) is 0 Å². The van der Waals surface area contributed by atoms with Crippen LogP contribution in [0.15, 0.2) is 0 Å². The fourth-order valence-electron chi connectivity index (χ4n) is 2.23. The minimum absolute atomic E-state index is 0.546. The zero-order chi connectivity index (χ0) is 9.90. The van der Waals surface area contributed by atoms with E-state index in [1.807, 2.05) is 13.8 Å². The highest BCUT2D eigenvalue weighted by molar-refractivity contribution is 5.06. The van der Waals surface area contributed by atoms with Gasteiger partial charge in [0, 0.05) is 24.7 Å². The van der Waals surface area contributed by atoms with Gasteiger partial charge in [-0.25, -0.2) is 0 Å². The van der Waals surface area contributed by atoms with Crippen molar-refractivity contribution >= 4 is 0 Å². The van der Waals surface area contributed by atoms with Crippen LogP contribution in [0.5, 0.6) is 0 Å². The van der Waals surface area contributed by atoms with Crippen LogP contribution in [-0.4, -0.2) is 36.1 Å². The molecule has 1 spiro atoms. The Kier molecular flexibility index (Phi) is 3.74. The lowest BCUT2D eigenvalue weighted by Gasteiger charge is -2.50. The third-order valence-electron chi connectivity index (χ3n) is 3.07. The van der Waals surface area contributed by atoms with Crippen molar-refractivity contribution < 1.29 is 0 Å². The Morgan fingerprint density at radius 1 is 1.23 bits per heavy atom. The number of hydrogen-bond donors (Lipinski definition) is 1.